The molecule has 11 heteroatoms. The van der Waals surface area contributed by atoms with Crippen molar-refractivity contribution in [1.29, 1.82) is 0 Å². The fourth-order valence-electron chi connectivity index (χ4n) is 2.05. The zero-order valence-electron chi connectivity index (χ0n) is 13.1. The molecule has 0 unspecified atom stereocenters. The van der Waals surface area contributed by atoms with Crippen molar-refractivity contribution in [3.8, 4) is 11.5 Å². The summed E-state index contributed by atoms with van der Waals surface area (Å²) < 4.78 is 42.2. The van der Waals surface area contributed by atoms with E-state index >= 15 is 0 Å². The van der Waals surface area contributed by atoms with E-state index in [1.807, 2.05) is 0 Å². The smallest absolute Gasteiger partial charge is 0.284 e. The van der Waals surface area contributed by atoms with Crippen LogP contribution in [0.4, 0.5) is 10.1 Å². The summed E-state index contributed by atoms with van der Waals surface area (Å²) in [4.78, 5) is 10.5. The third-order valence-electron chi connectivity index (χ3n) is 3.26. The van der Waals surface area contributed by atoms with Gasteiger partial charge in [-0.25, -0.2) is 12.8 Å². The maximum Gasteiger partial charge on any atom is 0.284 e. The van der Waals surface area contributed by atoms with Crippen LogP contribution in [0, 0.1) is 15.9 Å². The molecule has 8 nitrogen and oxygen atoms in total. The summed E-state index contributed by atoms with van der Waals surface area (Å²) in [7, 11) is -3.59. The average molecular weight is 395 g/mol. The average Bonchev–Trinajstić information content (AvgIpc) is 3.02. The minimum Gasteiger partial charge on any atom is -0.411 e. The number of nitro benzene ring substituents is 1. The molecule has 0 fully saturated rings. The van der Waals surface area contributed by atoms with Gasteiger partial charge in [-0.2, -0.15) is 0 Å². The first-order chi connectivity index (χ1) is 12.3. The van der Waals surface area contributed by atoms with E-state index in [0.29, 0.717) is 0 Å². The molecule has 0 spiro atoms. The van der Waals surface area contributed by atoms with Crippen molar-refractivity contribution in [3.63, 3.8) is 0 Å². The molecule has 0 atom stereocenters. The molecule has 2 aromatic carbocycles. The first-order valence-corrected chi connectivity index (χ1v) is 9.71. The summed E-state index contributed by atoms with van der Waals surface area (Å²) in [6.45, 7) is 0. The molecule has 0 N–H and O–H groups in total. The topological polar surface area (TPSA) is 116 Å². The zero-order chi connectivity index (χ0) is 18.9. The van der Waals surface area contributed by atoms with E-state index in [1.165, 1.54) is 30.3 Å². The zero-order valence-corrected chi connectivity index (χ0v) is 14.8. The summed E-state index contributed by atoms with van der Waals surface area (Å²) in [6, 6.07) is 9.31. The van der Waals surface area contributed by atoms with Crippen LogP contribution in [0.2, 0.25) is 0 Å². The van der Waals surface area contributed by atoms with Gasteiger partial charge in [-0.1, -0.05) is 12.1 Å². The van der Waals surface area contributed by atoms with Crippen LogP contribution in [0.5, 0.6) is 0 Å². The molecule has 0 bridgehead atoms. The van der Waals surface area contributed by atoms with Gasteiger partial charge < -0.3 is 4.42 Å². The molecule has 0 aliphatic heterocycles. The van der Waals surface area contributed by atoms with Crippen molar-refractivity contribution < 1.29 is 22.1 Å². The van der Waals surface area contributed by atoms with Gasteiger partial charge in [0.25, 0.3) is 16.8 Å². The van der Waals surface area contributed by atoms with Crippen LogP contribution in [-0.4, -0.2) is 29.8 Å². The molecule has 3 aromatic rings. The van der Waals surface area contributed by atoms with Crippen molar-refractivity contribution in [2.45, 2.75) is 15.0 Å². The van der Waals surface area contributed by atoms with E-state index in [-0.39, 0.29) is 26.5 Å². The Morgan fingerprint density at radius 3 is 2.58 bits per heavy atom. The lowest BCUT2D eigenvalue weighted by Crippen LogP contribution is -1.99. The van der Waals surface area contributed by atoms with Gasteiger partial charge in [0, 0.05) is 12.3 Å². The third-order valence-corrected chi connectivity index (χ3v) is 5.28. The Morgan fingerprint density at radius 1 is 1.19 bits per heavy atom. The highest BCUT2D eigenvalue weighted by atomic mass is 32.2. The molecule has 0 radical (unpaired) electrons. The second-order valence-corrected chi connectivity index (χ2v) is 8.12. The van der Waals surface area contributed by atoms with Gasteiger partial charge in [0.2, 0.25) is 0 Å². The summed E-state index contributed by atoms with van der Waals surface area (Å²) in [5.41, 5.74) is -0.308. The summed E-state index contributed by atoms with van der Waals surface area (Å²) in [6.07, 6.45) is 0.956. The molecular formula is C15H10FN3O5S2. The Morgan fingerprint density at radius 2 is 1.92 bits per heavy atom. The Kier molecular flexibility index (Phi) is 4.74. The number of nitrogens with zero attached hydrogens (tertiary/aromatic N) is 3. The summed E-state index contributed by atoms with van der Waals surface area (Å²) in [5, 5.41) is 18.7. The highest BCUT2D eigenvalue weighted by molar-refractivity contribution is 7.99. The number of benzene rings is 2. The standard InChI is InChI=1S/C15H10FN3O5S2/c1-26(22,23)9-6-7-13(12(8-9)19(20)21)25-15-18-17-14(24-15)10-4-2-3-5-11(10)16/h2-8H,1H3. The van der Waals surface area contributed by atoms with E-state index in [1.54, 1.807) is 6.07 Å². The van der Waals surface area contributed by atoms with Crippen LogP contribution in [0.1, 0.15) is 0 Å². The predicted octanol–water partition coefficient (Wildman–Crippen LogP) is 3.34. The minimum absolute atomic E-state index is 0.0431. The number of hydrogen-bond donors (Lipinski definition) is 0. The molecule has 0 aliphatic rings. The molecule has 0 saturated heterocycles. The van der Waals surface area contributed by atoms with Crippen molar-refractivity contribution >= 4 is 27.3 Å². The van der Waals surface area contributed by atoms with Crippen LogP contribution < -0.4 is 0 Å². The third kappa shape index (κ3) is 3.73. The Bertz CT molecular complexity index is 1100. The molecule has 1 aromatic heterocycles. The summed E-state index contributed by atoms with van der Waals surface area (Å²) >= 11 is 0.784. The van der Waals surface area contributed by atoms with Crippen LogP contribution in [0.3, 0.4) is 0 Å². The molecule has 26 heavy (non-hydrogen) atoms. The molecule has 0 saturated carbocycles. The Labute approximate surface area is 151 Å². The van der Waals surface area contributed by atoms with E-state index in [0.717, 1.165) is 24.1 Å². The molecule has 0 amide bonds. The molecule has 0 aliphatic carbocycles. The highest BCUT2D eigenvalue weighted by Gasteiger charge is 2.22. The Hall–Kier alpha value is -2.79. The number of nitro groups is 1. The van der Waals surface area contributed by atoms with Crippen molar-refractivity contribution in [2.24, 2.45) is 0 Å². The predicted molar refractivity (Wildman–Crippen MR) is 90.0 cm³/mol. The van der Waals surface area contributed by atoms with E-state index in [4.69, 9.17) is 4.42 Å². The lowest BCUT2D eigenvalue weighted by atomic mass is 10.2. The maximum atomic E-state index is 13.8. The van der Waals surface area contributed by atoms with Crippen molar-refractivity contribution in [2.75, 3.05) is 6.26 Å². The van der Waals surface area contributed by atoms with E-state index in [2.05, 4.69) is 10.2 Å². The van der Waals surface area contributed by atoms with Gasteiger partial charge in [0.15, 0.2) is 9.84 Å². The fourth-order valence-corrected chi connectivity index (χ4v) is 3.45. The van der Waals surface area contributed by atoms with Gasteiger partial charge in [0.1, 0.15) is 5.82 Å². The Balaban J connectivity index is 1.95. The first-order valence-electron chi connectivity index (χ1n) is 7.00. The molecule has 1 heterocycles. The van der Waals surface area contributed by atoms with Gasteiger partial charge in [-0.05, 0) is 36.0 Å². The van der Waals surface area contributed by atoms with Crippen LogP contribution in [-0.2, 0) is 9.84 Å². The van der Waals surface area contributed by atoms with Crippen LogP contribution in [0.15, 0.2) is 61.9 Å². The number of hydrogen-bond acceptors (Lipinski definition) is 8. The number of sulfone groups is 1. The first kappa shape index (κ1) is 18.0. The number of aromatic nitrogens is 2. The lowest BCUT2D eigenvalue weighted by molar-refractivity contribution is -0.388. The summed E-state index contributed by atoms with van der Waals surface area (Å²) in [5.74, 6) is -0.614. The van der Waals surface area contributed by atoms with Gasteiger partial charge in [-0.15, -0.1) is 10.2 Å². The maximum absolute atomic E-state index is 13.8. The number of rotatable bonds is 5. The second kappa shape index (κ2) is 6.84. The largest absolute Gasteiger partial charge is 0.411 e. The normalized spacial score (nSPS) is 11.5. The molecule has 134 valence electrons. The highest BCUT2D eigenvalue weighted by Crippen LogP contribution is 2.36. The molecular weight excluding hydrogens is 385 g/mol. The van der Waals surface area contributed by atoms with Gasteiger partial charge in [0.05, 0.1) is 20.3 Å². The monoisotopic (exact) mass is 395 g/mol. The van der Waals surface area contributed by atoms with Gasteiger partial charge in [-0.3, -0.25) is 10.1 Å². The second-order valence-electron chi connectivity index (χ2n) is 5.11. The van der Waals surface area contributed by atoms with Crippen LogP contribution >= 0.6 is 11.8 Å². The van der Waals surface area contributed by atoms with E-state index in [9.17, 15) is 22.9 Å². The van der Waals surface area contributed by atoms with Gasteiger partial charge >= 0.3 is 0 Å². The van der Waals surface area contributed by atoms with E-state index < -0.39 is 26.3 Å². The SMILES string of the molecule is CS(=O)(=O)c1ccc(Sc2nnc(-c3ccccc3F)o2)c([N+](=O)[O-])c1. The van der Waals surface area contributed by atoms with Crippen LogP contribution in [0.25, 0.3) is 11.5 Å². The fraction of sp³-hybridized carbons (Fsp3) is 0.0667. The van der Waals surface area contributed by atoms with Crippen molar-refractivity contribution in [3.05, 3.63) is 58.4 Å². The quantitative estimate of drug-likeness (QED) is 0.477. The minimum atomic E-state index is -3.59. The van der Waals surface area contributed by atoms with Crippen molar-refractivity contribution in [1.82, 2.24) is 10.2 Å². The molecule has 3 rings (SSSR count). The number of halogens is 1. The lowest BCUT2D eigenvalue weighted by Gasteiger charge is -2.02.